The average molecular weight is 140 g/mol. The standard InChI is InChI=1S/C9H18N/c1-8-4-6-9(7-5-8)10(2)3/h8-9H,2,4-7H2,1,3H3/q+1. The Kier molecular flexibility index (Phi) is 2.47. The molecule has 0 aromatic rings. The van der Waals surface area contributed by atoms with Gasteiger partial charge in [-0.2, -0.15) is 0 Å². The minimum absolute atomic E-state index is 0.760. The van der Waals surface area contributed by atoms with Gasteiger partial charge in [0.1, 0.15) is 13.8 Å². The van der Waals surface area contributed by atoms with E-state index in [4.69, 9.17) is 0 Å². The minimum atomic E-state index is 0.760. The van der Waals surface area contributed by atoms with E-state index >= 15 is 0 Å². The summed E-state index contributed by atoms with van der Waals surface area (Å²) in [5, 5.41) is 0. The third-order valence-electron chi connectivity index (χ3n) is 2.61. The van der Waals surface area contributed by atoms with Crippen LogP contribution >= 0.6 is 0 Å². The molecule has 0 amide bonds. The van der Waals surface area contributed by atoms with Crippen LogP contribution in [0.5, 0.6) is 0 Å². The average Bonchev–Trinajstić information content (AvgIpc) is 1.88. The maximum atomic E-state index is 3.92. The lowest BCUT2D eigenvalue weighted by Crippen LogP contribution is -2.26. The van der Waals surface area contributed by atoms with Gasteiger partial charge in [-0.15, -0.1) is 0 Å². The lowest BCUT2D eigenvalue weighted by atomic mass is 9.87. The van der Waals surface area contributed by atoms with E-state index in [1.165, 1.54) is 25.7 Å². The zero-order chi connectivity index (χ0) is 7.56. The van der Waals surface area contributed by atoms with E-state index in [1.54, 1.807) is 0 Å². The Morgan fingerprint density at radius 2 is 1.70 bits per heavy atom. The lowest BCUT2D eigenvalue weighted by Gasteiger charge is -2.22. The van der Waals surface area contributed by atoms with Crippen molar-refractivity contribution in [1.82, 2.24) is 0 Å². The van der Waals surface area contributed by atoms with E-state index in [9.17, 15) is 0 Å². The molecule has 1 rings (SSSR count). The summed E-state index contributed by atoms with van der Waals surface area (Å²) in [6, 6.07) is 0.760. The molecule has 1 saturated carbocycles. The molecule has 0 bridgehead atoms. The van der Waals surface area contributed by atoms with Crippen molar-refractivity contribution in [3.8, 4) is 0 Å². The summed E-state index contributed by atoms with van der Waals surface area (Å²) < 4.78 is 2.12. The van der Waals surface area contributed by atoms with Crippen molar-refractivity contribution in [1.29, 1.82) is 0 Å². The maximum absolute atomic E-state index is 3.92. The van der Waals surface area contributed by atoms with Gasteiger partial charge in [0, 0.05) is 12.8 Å². The van der Waals surface area contributed by atoms with Crippen molar-refractivity contribution in [3.63, 3.8) is 0 Å². The minimum Gasteiger partial charge on any atom is -0.242 e. The highest BCUT2D eigenvalue weighted by Crippen LogP contribution is 2.24. The van der Waals surface area contributed by atoms with Crippen LogP contribution in [0.4, 0.5) is 0 Å². The zero-order valence-electron chi connectivity index (χ0n) is 7.14. The van der Waals surface area contributed by atoms with Crippen molar-refractivity contribution in [2.24, 2.45) is 5.92 Å². The molecule has 1 aliphatic carbocycles. The van der Waals surface area contributed by atoms with Crippen molar-refractivity contribution in [2.45, 2.75) is 38.6 Å². The van der Waals surface area contributed by atoms with Crippen LogP contribution in [-0.2, 0) is 0 Å². The van der Waals surface area contributed by atoms with E-state index in [1.807, 2.05) is 0 Å². The molecule has 1 fully saturated rings. The van der Waals surface area contributed by atoms with Gasteiger partial charge in [-0.3, -0.25) is 0 Å². The highest BCUT2D eigenvalue weighted by molar-refractivity contribution is 5.14. The first-order valence-electron chi connectivity index (χ1n) is 4.23. The van der Waals surface area contributed by atoms with Gasteiger partial charge in [0.05, 0.1) is 0 Å². The molecule has 0 saturated heterocycles. The van der Waals surface area contributed by atoms with E-state index in [0.29, 0.717) is 0 Å². The molecule has 58 valence electrons. The summed E-state index contributed by atoms with van der Waals surface area (Å²) in [6.07, 6.45) is 5.48. The Balaban J connectivity index is 2.33. The van der Waals surface area contributed by atoms with Crippen LogP contribution in [0, 0.1) is 5.92 Å². The molecular formula is C9H18N+. The molecule has 0 aromatic carbocycles. The summed E-state index contributed by atoms with van der Waals surface area (Å²) in [5.74, 6) is 0.955. The second-order valence-electron chi connectivity index (χ2n) is 3.67. The molecule has 0 N–H and O–H groups in total. The van der Waals surface area contributed by atoms with Crippen LogP contribution in [0.15, 0.2) is 0 Å². The van der Waals surface area contributed by atoms with Gasteiger partial charge in [-0.05, 0) is 18.8 Å². The first-order valence-corrected chi connectivity index (χ1v) is 4.23. The fourth-order valence-electron chi connectivity index (χ4n) is 1.68. The fraction of sp³-hybridized carbons (Fsp3) is 0.889. The van der Waals surface area contributed by atoms with E-state index in [-0.39, 0.29) is 0 Å². The van der Waals surface area contributed by atoms with E-state index < -0.39 is 0 Å². The summed E-state index contributed by atoms with van der Waals surface area (Å²) in [4.78, 5) is 0. The quantitative estimate of drug-likeness (QED) is 0.386. The highest BCUT2D eigenvalue weighted by Gasteiger charge is 2.22. The van der Waals surface area contributed by atoms with Crippen LogP contribution in [0.2, 0.25) is 0 Å². The number of nitrogens with zero attached hydrogens (tertiary/aromatic N) is 1. The van der Waals surface area contributed by atoms with Gasteiger partial charge in [-0.25, -0.2) is 4.58 Å². The van der Waals surface area contributed by atoms with Crippen molar-refractivity contribution < 1.29 is 4.58 Å². The molecule has 0 atom stereocenters. The Labute approximate surface area is 63.8 Å². The third-order valence-corrected chi connectivity index (χ3v) is 2.61. The second-order valence-corrected chi connectivity index (χ2v) is 3.67. The number of hydrogen-bond donors (Lipinski definition) is 0. The van der Waals surface area contributed by atoms with Crippen molar-refractivity contribution in [3.05, 3.63) is 0 Å². The summed E-state index contributed by atoms with van der Waals surface area (Å²) >= 11 is 0. The maximum Gasteiger partial charge on any atom is 0.151 e. The number of rotatable bonds is 1. The Morgan fingerprint density at radius 1 is 1.20 bits per heavy atom. The predicted octanol–water partition coefficient (Wildman–Crippen LogP) is 1.91. The molecule has 0 spiro atoms. The van der Waals surface area contributed by atoms with Gasteiger partial charge in [0.25, 0.3) is 0 Å². The van der Waals surface area contributed by atoms with Crippen molar-refractivity contribution >= 4 is 6.72 Å². The largest absolute Gasteiger partial charge is 0.242 e. The molecule has 0 unspecified atom stereocenters. The zero-order valence-corrected chi connectivity index (χ0v) is 7.14. The summed E-state index contributed by atoms with van der Waals surface area (Å²) in [5.41, 5.74) is 0. The molecule has 0 aromatic heterocycles. The molecule has 1 aliphatic rings. The van der Waals surface area contributed by atoms with Gasteiger partial charge >= 0.3 is 0 Å². The summed E-state index contributed by atoms with van der Waals surface area (Å²) in [7, 11) is 2.08. The van der Waals surface area contributed by atoms with Crippen LogP contribution in [0.3, 0.4) is 0 Å². The Hall–Kier alpha value is -0.330. The summed E-state index contributed by atoms with van der Waals surface area (Å²) in [6.45, 7) is 6.27. The molecule has 0 heterocycles. The van der Waals surface area contributed by atoms with Crippen molar-refractivity contribution in [2.75, 3.05) is 7.05 Å². The highest BCUT2D eigenvalue weighted by atomic mass is 15.0. The monoisotopic (exact) mass is 140 g/mol. The molecule has 0 aliphatic heterocycles. The first-order chi connectivity index (χ1) is 4.70. The van der Waals surface area contributed by atoms with E-state index in [0.717, 1.165) is 12.0 Å². The van der Waals surface area contributed by atoms with Crippen LogP contribution in [-0.4, -0.2) is 24.4 Å². The Bertz CT molecular complexity index is 121. The molecule has 1 nitrogen and oxygen atoms in total. The molecular weight excluding hydrogens is 122 g/mol. The second kappa shape index (κ2) is 3.18. The Morgan fingerprint density at radius 3 is 2.10 bits per heavy atom. The fourth-order valence-corrected chi connectivity index (χ4v) is 1.68. The van der Waals surface area contributed by atoms with Crippen LogP contribution in [0.1, 0.15) is 32.6 Å². The van der Waals surface area contributed by atoms with Gasteiger partial charge in [0.15, 0.2) is 6.04 Å². The number of hydrogen-bond acceptors (Lipinski definition) is 0. The SMILES string of the molecule is C=[N+](C)C1CCC(C)CC1. The normalized spacial score (nSPS) is 33.8. The smallest absolute Gasteiger partial charge is 0.151 e. The van der Waals surface area contributed by atoms with Gasteiger partial charge in [0.2, 0.25) is 0 Å². The van der Waals surface area contributed by atoms with Gasteiger partial charge in [-0.1, -0.05) is 6.92 Å². The van der Waals surface area contributed by atoms with Gasteiger partial charge < -0.3 is 0 Å². The third kappa shape index (κ3) is 1.83. The van der Waals surface area contributed by atoms with E-state index in [2.05, 4.69) is 25.3 Å². The first kappa shape index (κ1) is 7.77. The van der Waals surface area contributed by atoms with Crippen LogP contribution < -0.4 is 0 Å². The molecule has 0 radical (unpaired) electrons. The molecule has 10 heavy (non-hydrogen) atoms. The lowest BCUT2D eigenvalue weighted by molar-refractivity contribution is -0.534. The molecule has 1 heteroatoms. The predicted molar refractivity (Wildman–Crippen MR) is 44.7 cm³/mol. The van der Waals surface area contributed by atoms with Crippen LogP contribution in [0.25, 0.3) is 0 Å². The topological polar surface area (TPSA) is 3.01 Å².